The van der Waals surface area contributed by atoms with Crippen LogP contribution in [0.4, 0.5) is 4.39 Å². The summed E-state index contributed by atoms with van der Waals surface area (Å²) in [6.07, 6.45) is 1.26. The zero-order valence-corrected chi connectivity index (χ0v) is 13.7. The molecule has 0 aromatic heterocycles. The Kier molecular flexibility index (Phi) is 6.33. The molecule has 0 unspecified atom stereocenters. The predicted octanol–water partition coefficient (Wildman–Crippen LogP) is 3.60. The van der Waals surface area contributed by atoms with E-state index in [1.54, 1.807) is 0 Å². The van der Waals surface area contributed by atoms with Crippen LogP contribution in [0.15, 0.2) is 22.7 Å². The number of aliphatic carboxylic acids is 1. The quantitative estimate of drug-likeness (QED) is 0.781. The fourth-order valence-electron chi connectivity index (χ4n) is 1.85. The van der Waals surface area contributed by atoms with E-state index in [9.17, 15) is 14.0 Å². The maximum absolute atomic E-state index is 13.5. The summed E-state index contributed by atoms with van der Waals surface area (Å²) in [5.74, 6) is -1.87. The van der Waals surface area contributed by atoms with Crippen LogP contribution >= 0.6 is 15.9 Å². The summed E-state index contributed by atoms with van der Waals surface area (Å²) in [6.45, 7) is 4.26. The third-order valence-electron chi connectivity index (χ3n) is 3.28. The smallest absolute Gasteiger partial charge is 0.303 e. The molecule has 1 aromatic rings. The van der Waals surface area contributed by atoms with Crippen molar-refractivity contribution in [2.45, 2.75) is 33.1 Å². The van der Waals surface area contributed by atoms with Crippen molar-refractivity contribution in [2.75, 3.05) is 6.54 Å². The zero-order valence-electron chi connectivity index (χ0n) is 12.1. The summed E-state index contributed by atoms with van der Waals surface area (Å²) in [6, 6.07) is 4.19. The molecule has 4 nitrogen and oxygen atoms in total. The van der Waals surface area contributed by atoms with Crippen LogP contribution in [-0.4, -0.2) is 23.5 Å². The molecule has 0 heterocycles. The van der Waals surface area contributed by atoms with Gasteiger partial charge in [0.1, 0.15) is 5.82 Å². The fraction of sp³-hybridized carbons (Fsp3) is 0.467. The van der Waals surface area contributed by atoms with Gasteiger partial charge >= 0.3 is 5.97 Å². The van der Waals surface area contributed by atoms with Gasteiger partial charge in [0.2, 0.25) is 0 Å². The molecule has 2 N–H and O–H groups in total. The Labute approximate surface area is 131 Å². The normalized spacial score (nSPS) is 11.2. The Morgan fingerprint density at radius 2 is 2.00 bits per heavy atom. The highest BCUT2D eigenvalue weighted by Gasteiger charge is 2.20. The lowest BCUT2D eigenvalue weighted by Gasteiger charge is -2.23. The lowest BCUT2D eigenvalue weighted by Crippen LogP contribution is -2.29. The van der Waals surface area contributed by atoms with Gasteiger partial charge in [-0.1, -0.05) is 29.8 Å². The molecule has 6 heteroatoms. The van der Waals surface area contributed by atoms with Crippen molar-refractivity contribution in [3.63, 3.8) is 0 Å². The number of carbonyl (C=O) groups is 2. The summed E-state index contributed by atoms with van der Waals surface area (Å²) < 4.78 is 14.2. The van der Waals surface area contributed by atoms with Gasteiger partial charge in [-0.3, -0.25) is 9.59 Å². The van der Waals surface area contributed by atoms with Gasteiger partial charge in [-0.2, -0.15) is 0 Å². The minimum Gasteiger partial charge on any atom is -0.481 e. The summed E-state index contributed by atoms with van der Waals surface area (Å²) in [4.78, 5) is 22.5. The first kappa shape index (κ1) is 17.6. The third kappa shape index (κ3) is 6.25. The number of carbonyl (C=O) groups excluding carboxylic acids is 1. The van der Waals surface area contributed by atoms with Gasteiger partial charge in [-0.25, -0.2) is 4.39 Å². The van der Waals surface area contributed by atoms with Crippen LogP contribution in [0.1, 0.15) is 43.5 Å². The van der Waals surface area contributed by atoms with E-state index in [-0.39, 0.29) is 17.4 Å². The van der Waals surface area contributed by atoms with Gasteiger partial charge in [0, 0.05) is 17.4 Å². The second-order valence-corrected chi connectivity index (χ2v) is 6.60. The van der Waals surface area contributed by atoms with E-state index in [4.69, 9.17) is 5.11 Å². The van der Waals surface area contributed by atoms with Gasteiger partial charge in [0.25, 0.3) is 5.91 Å². The molecule has 21 heavy (non-hydrogen) atoms. The van der Waals surface area contributed by atoms with Crippen LogP contribution in [0.5, 0.6) is 0 Å². The highest BCUT2D eigenvalue weighted by Crippen LogP contribution is 2.26. The van der Waals surface area contributed by atoms with Crippen molar-refractivity contribution in [1.29, 1.82) is 0 Å². The molecule has 1 amide bonds. The maximum atomic E-state index is 13.5. The van der Waals surface area contributed by atoms with Gasteiger partial charge in [-0.15, -0.1) is 0 Å². The van der Waals surface area contributed by atoms with Gasteiger partial charge in [0.15, 0.2) is 0 Å². The van der Waals surface area contributed by atoms with Crippen molar-refractivity contribution in [3.8, 4) is 0 Å². The first-order valence-electron chi connectivity index (χ1n) is 6.66. The average molecular weight is 360 g/mol. The highest BCUT2D eigenvalue weighted by molar-refractivity contribution is 9.10. The topological polar surface area (TPSA) is 66.4 Å². The number of halogens is 2. The average Bonchev–Trinajstić information content (AvgIpc) is 2.39. The van der Waals surface area contributed by atoms with Crippen LogP contribution in [0, 0.1) is 11.2 Å². The van der Waals surface area contributed by atoms with Crippen LogP contribution < -0.4 is 5.32 Å². The van der Waals surface area contributed by atoms with Crippen molar-refractivity contribution < 1.29 is 19.1 Å². The summed E-state index contributed by atoms with van der Waals surface area (Å²) in [7, 11) is 0. The molecule has 1 rings (SSSR count). The number of carboxylic acids is 1. The first-order chi connectivity index (χ1) is 9.71. The minimum absolute atomic E-state index is 0.00674. The second-order valence-electron chi connectivity index (χ2n) is 5.69. The van der Waals surface area contributed by atoms with E-state index in [2.05, 4.69) is 21.2 Å². The van der Waals surface area contributed by atoms with Gasteiger partial charge in [0.05, 0.1) is 5.56 Å². The summed E-state index contributed by atoms with van der Waals surface area (Å²) >= 11 is 3.20. The Bertz CT molecular complexity index is 532. The van der Waals surface area contributed by atoms with Crippen molar-refractivity contribution >= 4 is 27.8 Å². The number of benzene rings is 1. The Hall–Kier alpha value is -1.43. The van der Waals surface area contributed by atoms with E-state index in [0.29, 0.717) is 23.9 Å². The molecule has 116 valence electrons. The van der Waals surface area contributed by atoms with Crippen molar-refractivity contribution in [1.82, 2.24) is 5.32 Å². The highest BCUT2D eigenvalue weighted by atomic mass is 79.9. The standard InChI is InChI=1S/C15H19BrFNO3/c1-15(2,6-5-13(19)20)7-8-18-14(21)11-9-10(16)3-4-12(11)17/h3-4,9H,5-8H2,1-2H3,(H,18,21)(H,19,20). The fourth-order valence-corrected chi connectivity index (χ4v) is 2.21. The molecule has 0 aliphatic carbocycles. The molecule has 0 radical (unpaired) electrons. The van der Waals surface area contributed by atoms with E-state index in [1.807, 2.05) is 13.8 Å². The van der Waals surface area contributed by atoms with E-state index in [1.165, 1.54) is 18.2 Å². The number of carboxylic acid groups (broad SMARTS) is 1. The predicted molar refractivity (Wildman–Crippen MR) is 81.7 cm³/mol. The second kappa shape index (κ2) is 7.54. The minimum atomic E-state index is -0.830. The third-order valence-corrected chi connectivity index (χ3v) is 3.77. The molecule has 0 bridgehead atoms. The van der Waals surface area contributed by atoms with Crippen molar-refractivity contribution in [3.05, 3.63) is 34.1 Å². The first-order valence-corrected chi connectivity index (χ1v) is 7.46. The molecule has 0 atom stereocenters. The van der Waals surface area contributed by atoms with E-state index >= 15 is 0 Å². The molecule has 0 aliphatic heterocycles. The molecular weight excluding hydrogens is 341 g/mol. The Morgan fingerprint density at radius 1 is 1.33 bits per heavy atom. The van der Waals surface area contributed by atoms with E-state index < -0.39 is 17.7 Å². The molecule has 1 aromatic carbocycles. The number of nitrogens with one attached hydrogen (secondary N) is 1. The lowest BCUT2D eigenvalue weighted by molar-refractivity contribution is -0.137. The van der Waals surface area contributed by atoms with Crippen molar-refractivity contribution in [2.24, 2.45) is 5.41 Å². The van der Waals surface area contributed by atoms with Crippen LogP contribution in [0.25, 0.3) is 0 Å². The Morgan fingerprint density at radius 3 is 2.62 bits per heavy atom. The van der Waals surface area contributed by atoms with Gasteiger partial charge in [-0.05, 0) is 36.5 Å². The largest absolute Gasteiger partial charge is 0.481 e. The maximum Gasteiger partial charge on any atom is 0.303 e. The van der Waals surface area contributed by atoms with E-state index in [0.717, 1.165) is 0 Å². The van der Waals surface area contributed by atoms with Crippen LogP contribution in [-0.2, 0) is 4.79 Å². The Balaban J connectivity index is 2.50. The molecule has 0 aliphatic rings. The summed E-state index contributed by atoms with van der Waals surface area (Å²) in [5.41, 5.74) is -0.200. The molecule has 0 spiro atoms. The van der Waals surface area contributed by atoms with Crippen LogP contribution in [0.3, 0.4) is 0 Å². The molecular formula is C15H19BrFNO3. The number of hydrogen-bond acceptors (Lipinski definition) is 2. The zero-order chi connectivity index (χ0) is 16.0. The molecule has 0 saturated carbocycles. The number of amides is 1. The summed E-state index contributed by atoms with van der Waals surface area (Å²) in [5, 5.41) is 11.3. The number of hydrogen-bond donors (Lipinski definition) is 2. The number of rotatable bonds is 7. The van der Waals surface area contributed by atoms with Crippen LogP contribution in [0.2, 0.25) is 0 Å². The molecule has 0 saturated heterocycles. The SMILES string of the molecule is CC(C)(CCNC(=O)c1cc(Br)ccc1F)CCC(=O)O. The molecule has 0 fully saturated rings. The lowest BCUT2D eigenvalue weighted by atomic mass is 9.84. The van der Waals surface area contributed by atoms with Gasteiger partial charge < -0.3 is 10.4 Å². The monoisotopic (exact) mass is 359 g/mol.